The van der Waals surface area contributed by atoms with Crippen molar-refractivity contribution in [1.82, 2.24) is 4.90 Å². The van der Waals surface area contributed by atoms with Crippen LogP contribution in [0.1, 0.15) is 118 Å². The van der Waals surface area contributed by atoms with E-state index in [9.17, 15) is 9.59 Å². The largest absolute Gasteiger partial charge is 0.342 e. The van der Waals surface area contributed by atoms with Gasteiger partial charge < -0.3 is 10.2 Å². The molecule has 1 N–H and O–H groups in total. The number of piperidine rings is 1. The molecule has 4 aliphatic rings. The molecule has 0 aromatic heterocycles. The highest BCUT2D eigenvalue weighted by molar-refractivity contribution is 5.91. The number of hydrogen-bond acceptors (Lipinski definition) is 2. The Morgan fingerprint density at radius 3 is 2.49 bits per heavy atom. The van der Waals surface area contributed by atoms with E-state index in [0.717, 1.165) is 55.0 Å². The first kappa shape index (κ1) is 28.7. The van der Waals surface area contributed by atoms with Crippen molar-refractivity contribution < 1.29 is 9.59 Å². The molecule has 0 radical (unpaired) electrons. The lowest BCUT2D eigenvalue weighted by atomic mass is 9.46. The minimum absolute atomic E-state index is 0.00679. The highest BCUT2D eigenvalue weighted by Crippen LogP contribution is 2.67. The lowest BCUT2D eigenvalue weighted by molar-refractivity contribution is -0.158. The third kappa shape index (κ3) is 5.08. The van der Waals surface area contributed by atoms with Crippen LogP contribution in [0.2, 0.25) is 0 Å². The SMILES string of the molecule is C[C@H](CCCC(=O)Nc1ccccc1C(C)(C)C)[C@H]1CC[C@H]2[C@@H]3CC[C@H]4N(C)C(=O)CC[C@]4(C)[C@H]3CC[C@]12C. The van der Waals surface area contributed by atoms with Crippen molar-refractivity contribution in [2.75, 3.05) is 12.4 Å². The first-order chi connectivity index (χ1) is 18.4. The Morgan fingerprint density at radius 1 is 1.03 bits per heavy atom. The summed E-state index contributed by atoms with van der Waals surface area (Å²) in [4.78, 5) is 27.5. The van der Waals surface area contributed by atoms with Gasteiger partial charge in [-0.3, -0.25) is 9.59 Å². The van der Waals surface area contributed by atoms with Gasteiger partial charge in [-0.15, -0.1) is 0 Å². The van der Waals surface area contributed by atoms with Crippen LogP contribution in [0.25, 0.3) is 0 Å². The number of rotatable bonds is 6. The van der Waals surface area contributed by atoms with Gasteiger partial charge in [-0.05, 0) is 115 Å². The van der Waals surface area contributed by atoms with Crippen LogP contribution in [0, 0.1) is 40.4 Å². The molecule has 4 heteroatoms. The van der Waals surface area contributed by atoms with Crippen LogP contribution in [-0.4, -0.2) is 29.8 Å². The Labute approximate surface area is 238 Å². The minimum atomic E-state index is 0.00679. The van der Waals surface area contributed by atoms with E-state index in [4.69, 9.17) is 0 Å². The molecule has 39 heavy (non-hydrogen) atoms. The summed E-state index contributed by atoms with van der Waals surface area (Å²) in [5.41, 5.74) is 2.90. The van der Waals surface area contributed by atoms with Crippen molar-refractivity contribution in [3.05, 3.63) is 29.8 Å². The number of benzene rings is 1. The zero-order chi connectivity index (χ0) is 28.2. The molecule has 4 fully saturated rings. The average Bonchev–Trinajstić information content (AvgIpc) is 3.23. The monoisotopic (exact) mass is 534 g/mol. The van der Waals surface area contributed by atoms with Gasteiger partial charge in [-0.1, -0.05) is 59.7 Å². The zero-order valence-electron chi connectivity index (χ0n) is 25.8. The number of anilines is 1. The fraction of sp³-hybridized carbons (Fsp3) is 0.771. The highest BCUT2D eigenvalue weighted by Gasteiger charge is 2.61. The van der Waals surface area contributed by atoms with Crippen molar-refractivity contribution in [3.8, 4) is 0 Å². The standard InChI is InChI=1S/C35H54N2O2/c1-23(11-10-14-31(38)36-29-13-9-8-12-28(29)33(2,3)4)25-16-17-26-24-15-18-30-35(6,22-20-32(39)37(30)7)27(24)19-21-34(25,26)5/h8-9,12-13,23-27,30H,10-11,14-22H2,1-7H3,(H,36,38)/t23-,24+,25-,26+,27+,30-,34-,35-/m1/s1. The maximum atomic E-state index is 12.9. The van der Waals surface area contributed by atoms with Crippen LogP contribution in [0.15, 0.2) is 24.3 Å². The molecule has 4 nitrogen and oxygen atoms in total. The Hall–Kier alpha value is -1.84. The number of para-hydroxylation sites is 1. The Balaban J connectivity index is 1.18. The number of fused-ring (bicyclic) bond motifs is 5. The quantitative estimate of drug-likeness (QED) is 0.400. The third-order valence-corrected chi connectivity index (χ3v) is 12.4. The Kier molecular flexibility index (Phi) is 7.74. The highest BCUT2D eigenvalue weighted by atomic mass is 16.2. The van der Waals surface area contributed by atoms with Gasteiger partial charge in [0.15, 0.2) is 0 Å². The van der Waals surface area contributed by atoms with Crippen LogP contribution in [0.4, 0.5) is 5.69 Å². The second-order valence-electron chi connectivity index (χ2n) is 15.4. The van der Waals surface area contributed by atoms with Crippen molar-refractivity contribution >= 4 is 17.5 Å². The van der Waals surface area contributed by atoms with Crippen LogP contribution < -0.4 is 5.32 Å². The summed E-state index contributed by atoms with van der Waals surface area (Å²) in [6, 6.07) is 8.68. The molecule has 216 valence electrons. The number of carbonyl (C=O) groups excluding carboxylic acids is 2. The number of nitrogens with zero attached hydrogens (tertiary/aromatic N) is 1. The molecule has 2 amide bonds. The molecule has 3 aliphatic carbocycles. The molecule has 0 unspecified atom stereocenters. The summed E-state index contributed by atoms with van der Waals surface area (Å²) in [7, 11) is 2.06. The number of carbonyl (C=O) groups is 2. The average molecular weight is 535 g/mol. The number of amides is 2. The predicted octanol–water partition coefficient (Wildman–Crippen LogP) is 8.21. The molecular weight excluding hydrogens is 480 g/mol. The van der Waals surface area contributed by atoms with Crippen molar-refractivity contribution in [3.63, 3.8) is 0 Å². The molecule has 1 aromatic carbocycles. The number of likely N-dealkylation sites (tertiary alicyclic amines) is 1. The third-order valence-electron chi connectivity index (χ3n) is 12.4. The van der Waals surface area contributed by atoms with E-state index in [0.29, 0.717) is 35.1 Å². The van der Waals surface area contributed by atoms with Crippen molar-refractivity contribution in [1.29, 1.82) is 0 Å². The van der Waals surface area contributed by atoms with E-state index in [2.05, 4.69) is 70.9 Å². The van der Waals surface area contributed by atoms with E-state index in [1.54, 1.807) is 0 Å². The van der Waals surface area contributed by atoms with Gasteiger partial charge in [0.2, 0.25) is 11.8 Å². The fourth-order valence-electron chi connectivity index (χ4n) is 10.4. The van der Waals surface area contributed by atoms with Gasteiger partial charge in [-0.25, -0.2) is 0 Å². The summed E-state index contributed by atoms with van der Waals surface area (Å²) in [5, 5.41) is 3.21. The summed E-state index contributed by atoms with van der Waals surface area (Å²) >= 11 is 0. The number of hydrogen-bond donors (Lipinski definition) is 1. The van der Waals surface area contributed by atoms with Gasteiger partial charge in [-0.2, -0.15) is 0 Å². The molecule has 1 saturated heterocycles. The molecule has 3 saturated carbocycles. The van der Waals surface area contributed by atoms with Crippen LogP contribution >= 0.6 is 0 Å². The maximum Gasteiger partial charge on any atom is 0.224 e. The molecule has 5 rings (SSSR count). The van der Waals surface area contributed by atoms with E-state index >= 15 is 0 Å². The Bertz CT molecular complexity index is 1070. The zero-order valence-corrected chi connectivity index (χ0v) is 25.8. The first-order valence-electron chi connectivity index (χ1n) is 16.0. The van der Waals surface area contributed by atoms with Crippen LogP contribution in [0.5, 0.6) is 0 Å². The van der Waals surface area contributed by atoms with Gasteiger partial charge in [0, 0.05) is 31.6 Å². The van der Waals surface area contributed by atoms with Crippen LogP contribution in [-0.2, 0) is 15.0 Å². The normalized spacial score (nSPS) is 37.1. The number of nitrogens with one attached hydrogen (secondary N) is 1. The van der Waals surface area contributed by atoms with E-state index < -0.39 is 0 Å². The van der Waals surface area contributed by atoms with E-state index in [1.165, 1.54) is 44.1 Å². The second-order valence-corrected chi connectivity index (χ2v) is 15.4. The van der Waals surface area contributed by atoms with Crippen molar-refractivity contribution in [2.24, 2.45) is 40.4 Å². The fourth-order valence-corrected chi connectivity index (χ4v) is 10.4. The van der Waals surface area contributed by atoms with E-state index in [1.807, 2.05) is 12.1 Å². The summed E-state index contributed by atoms with van der Waals surface area (Å²) in [5.74, 6) is 4.39. The molecule has 1 heterocycles. The Morgan fingerprint density at radius 2 is 1.74 bits per heavy atom. The summed E-state index contributed by atoms with van der Waals surface area (Å²) in [6.45, 7) is 14.2. The lowest BCUT2D eigenvalue weighted by Crippen LogP contribution is -2.61. The van der Waals surface area contributed by atoms with Gasteiger partial charge in [0.1, 0.15) is 0 Å². The minimum Gasteiger partial charge on any atom is -0.342 e. The molecular formula is C35H54N2O2. The molecule has 0 bridgehead atoms. The van der Waals surface area contributed by atoms with Crippen LogP contribution in [0.3, 0.4) is 0 Å². The van der Waals surface area contributed by atoms with Gasteiger partial charge >= 0.3 is 0 Å². The summed E-state index contributed by atoms with van der Waals surface area (Å²) in [6.07, 6.45) is 12.5. The molecule has 1 aliphatic heterocycles. The lowest BCUT2D eigenvalue weighted by Gasteiger charge is -2.62. The summed E-state index contributed by atoms with van der Waals surface area (Å²) < 4.78 is 0. The second kappa shape index (κ2) is 10.5. The molecule has 0 spiro atoms. The van der Waals surface area contributed by atoms with Gasteiger partial charge in [0.05, 0.1) is 0 Å². The predicted molar refractivity (Wildman–Crippen MR) is 160 cm³/mol. The van der Waals surface area contributed by atoms with Crippen molar-refractivity contribution in [2.45, 2.75) is 124 Å². The first-order valence-corrected chi connectivity index (χ1v) is 16.0. The molecule has 8 atom stereocenters. The van der Waals surface area contributed by atoms with E-state index in [-0.39, 0.29) is 11.3 Å². The van der Waals surface area contributed by atoms with Gasteiger partial charge in [0.25, 0.3) is 0 Å². The topological polar surface area (TPSA) is 49.4 Å². The smallest absolute Gasteiger partial charge is 0.224 e. The molecule has 1 aromatic rings. The maximum absolute atomic E-state index is 12.9.